The third-order valence-electron chi connectivity index (χ3n) is 2.48. The first kappa shape index (κ1) is 12.2. The number of ether oxygens (including phenoxy) is 2. The van der Waals surface area contributed by atoms with Crippen LogP contribution in [0.5, 0.6) is 11.5 Å². The third kappa shape index (κ3) is 2.91. The van der Waals surface area contributed by atoms with E-state index in [4.69, 9.17) is 15.2 Å². The zero-order valence-corrected chi connectivity index (χ0v) is 10.0. The summed E-state index contributed by atoms with van der Waals surface area (Å²) in [6, 6.07) is 11.8. The molecule has 3 nitrogen and oxygen atoms in total. The number of benzene rings is 2. The summed E-state index contributed by atoms with van der Waals surface area (Å²) < 4.78 is 23.8. The standard InChI is InChI=1S/C14H14FNO2/c1-17-14-6-5-10(7-13(14)15)9-18-12-4-2-3-11(16)8-12/h2-8H,9,16H2,1H3. The maximum absolute atomic E-state index is 13.4. The van der Waals surface area contributed by atoms with Crippen LogP contribution in [0.25, 0.3) is 0 Å². The van der Waals surface area contributed by atoms with Gasteiger partial charge < -0.3 is 15.2 Å². The average molecular weight is 247 g/mol. The molecule has 18 heavy (non-hydrogen) atoms. The number of nitrogen functional groups attached to an aromatic ring is 1. The monoisotopic (exact) mass is 247 g/mol. The Morgan fingerprint density at radius 1 is 1.17 bits per heavy atom. The summed E-state index contributed by atoms with van der Waals surface area (Å²) in [5.74, 6) is 0.486. The molecule has 0 saturated carbocycles. The molecule has 0 aromatic heterocycles. The molecule has 2 rings (SSSR count). The molecule has 0 aliphatic carbocycles. The molecule has 0 unspecified atom stereocenters. The van der Waals surface area contributed by atoms with Gasteiger partial charge in [0.05, 0.1) is 7.11 Å². The molecule has 0 amide bonds. The molecule has 0 fully saturated rings. The number of anilines is 1. The Hall–Kier alpha value is -2.23. The first-order valence-corrected chi connectivity index (χ1v) is 5.50. The molecule has 0 saturated heterocycles. The van der Waals surface area contributed by atoms with Gasteiger partial charge in [0.25, 0.3) is 0 Å². The quantitative estimate of drug-likeness (QED) is 0.845. The van der Waals surface area contributed by atoms with Gasteiger partial charge in [-0.15, -0.1) is 0 Å². The first-order chi connectivity index (χ1) is 8.69. The van der Waals surface area contributed by atoms with Gasteiger partial charge in [-0.25, -0.2) is 4.39 Å². The van der Waals surface area contributed by atoms with Crippen LogP contribution in [0.2, 0.25) is 0 Å². The highest BCUT2D eigenvalue weighted by atomic mass is 19.1. The van der Waals surface area contributed by atoms with Crippen LogP contribution in [0.15, 0.2) is 42.5 Å². The van der Waals surface area contributed by atoms with Crippen LogP contribution >= 0.6 is 0 Å². The second-order valence-electron chi connectivity index (χ2n) is 3.83. The fraction of sp³-hybridized carbons (Fsp3) is 0.143. The van der Waals surface area contributed by atoms with E-state index in [1.165, 1.54) is 13.2 Å². The molecule has 0 bridgehead atoms. The summed E-state index contributed by atoms with van der Waals surface area (Å²) in [7, 11) is 1.43. The molecule has 2 aromatic rings. The van der Waals surface area contributed by atoms with Crippen molar-refractivity contribution in [3.8, 4) is 11.5 Å². The van der Waals surface area contributed by atoms with E-state index in [1.807, 2.05) is 0 Å². The number of hydrogen-bond acceptors (Lipinski definition) is 3. The summed E-state index contributed by atoms with van der Waals surface area (Å²) in [6.45, 7) is 0.282. The predicted molar refractivity (Wildman–Crippen MR) is 68.1 cm³/mol. The van der Waals surface area contributed by atoms with E-state index in [1.54, 1.807) is 36.4 Å². The molecule has 0 aliphatic heterocycles. The van der Waals surface area contributed by atoms with Crippen molar-refractivity contribution in [1.82, 2.24) is 0 Å². The van der Waals surface area contributed by atoms with Gasteiger partial charge >= 0.3 is 0 Å². The van der Waals surface area contributed by atoms with Crippen molar-refractivity contribution in [2.75, 3.05) is 12.8 Å². The lowest BCUT2D eigenvalue weighted by molar-refractivity contribution is 0.305. The highest BCUT2D eigenvalue weighted by molar-refractivity contribution is 5.43. The first-order valence-electron chi connectivity index (χ1n) is 5.50. The number of hydrogen-bond donors (Lipinski definition) is 1. The molecular formula is C14H14FNO2. The molecule has 0 heterocycles. The van der Waals surface area contributed by atoms with Crippen molar-refractivity contribution >= 4 is 5.69 Å². The molecule has 0 spiro atoms. The van der Waals surface area contributed by atoms with Crippen LogP contribution in [0.4, 0.5) is 10.1 Å². The minimum Gasteiger partial charge on any atom is -0.494 e. The number of halogens is 1. The van der Waals surface area contributed by atoms with Gasteiger partial charge in [-0.1, -0.05) is 12.1 Å². The molecule has 94 valence electrons. The van der Waals surface area contributed by atoms with Gasteiger partial charge in [-0.05, 0) is 29.8 Å². The largest absolute Gasteiger partial charge is 0.494 e. The van der Waals surface area contributed by atoms with Gasteiger partial charge in [0.1, 0.15) is 12.4 Å². The second-order valence-corrected chi connectivity index (χ2v) is 3.83. The van der Waals surface area contributed by atoms with Crippen LogP contribution in [-0.2, 0) is 6.61 Å². The van der Waals surface area contributed by atoms with Crippen molar-refractivity contribution in [2.45, 2.75) is 6.61 Å². The average Bonchev–Trinajstić information content (AvgIpc) is 2.37. The van der Waals surface area contributed by atoms with Crippen LogP contribution in [-0.4, -0.2) is 7.11 Å². The van der Waals surface area contributed by atoms with Crippen molar-refractivity contribution in [3.63, 3.8) is 0 Å². The van der Waals surface area contributed by atoms with Gasteiger partial charge in [0.15, 0.2) is 11.6 Å². The van der Waals surface area contributed by atoms with Gasteiger partial charge in [-0.2, -0.15) is 0 Å². The maximum Gasteiger partial charge on any atom is 0.165 e. The minimum atomic E-state index is -0.397. The molecule has 0 atom stereocenters. The Labute approximate surface area is 105 Å². The van der Waals surface area contributed by atoms with Crippen LogP contribution in [0.1, 0.15) is 5.56 Å². The molecular weight excluding hydrogens is 233 g/mol. The van der Waals surface area contributed by atoms with Crippen molar-refractivity contribution in [3.05, 3.63) is 53.8 Å². The predicted octanol–water partition coefficient (Wildman–Crippen LogP) is 3.00. The lowest BCUT2D eigenvalue weighted by Crippen LogP contribution is -1.97. The minimum absolute atomic E-state index is 0.225. The zero-order chi connectivity index (χ0) is 13.0. The number of rotatable bonds is 4. The van der Waals surface area contributed by atoms with E-state index in [2.05, 4.69) is 0 Å². The summed E-state index contributed by atoms with van der Waals surface area (Å²) in [5.41, 5.74) is 7.00. The van der Waals surface area contributed by atoms with Crippen molar-refractivity contribution < 1.29 is 13.9 Å². The van der Waals surface area contributed by atoms with Crippen LogP contribution in [0.3, 0.4) is 0 Å². The summed E-state index contributed by atoms with van der Waals surface area (Å²) in [5, 5.41) is 0. The fourth-order valence-corrected chi connectivity index (χ4v) is 1.57. The SMILES string of the molecule is COc1ccc(COc2cccc(N)c2)cc1F. The van der Waals surface area contributed by atoms with E-state index in [0.29, 0.717) is 11.4 Å². The highest BCUT2D eigenvalue weighted by Gasteiger charge is 2.04. The summed E-state index contributed by atoms with van der Waals surface area (Å²) in [4.78, 5) is 0. The Morgan fingerprint density at radius 3 is 2.67 bits per heavy atom. The molecule has 2 N–H and O–H groups in total. The fourth-order valence-electron chi connectivity index (χ4n) is 1.57. The van der Waals surface area contributed by atoms with E-state index in [9.17, 15) is 4.39 Å². The van der Waals surface area contributed by atoms with Crippen molar-refractivity contribution in [1.29, 1.82) is 0 Å². The zero-order valence-electron chi connectivity index (χ0n) is 10.0. The Kier molecular flexibility index (Phi) is 3.67. The smallest absolute Gasteiger partial charge is 0.165 e. The normalized spacial score (nSPS) is 10.1. The second kappa shape index (κ2) is 5.40. The lowest BCUT2D eigenvalue weighted by atomic mass is 10.2. The summed E-state index contributed by atoms with van der Waals surface area (Å²) >= 11 is 0. The third-order valence-corrected chi connectivity index (χ3v) is 2.48. The van der Waals surface area contributed by atoms with E-state index >= 15 is 0 Å². The van der Waals surface area contributed by atoms with E-state index < -0.39 is 5.82 Å². The van der Waals surface area contributed by atoms with Gasteiger partial charge in [-0.3, -0.25) is 0 Å². The van der Waals surface area contributed by atoms with Gasteiger partial charge in [0, 0.05) is 11.8 Å². The Morgan fingerprint density at radius 2 is 2.00 bits per heavy atom. The molecule has 2 aromatic carbocycles. The van der Waals surface area contributed by atoms with E-state index in [-0.39, 0.29) is 12.4 Å². The lowest BCUT2D eigenvalue weighted by Gasteiger charge is -2.08. The van der Waals surface area contributed by atoms with Crippen molar-refractivity contribution in [2.24, 2.45) is 0 Å². The molecule has 0 radical (unpaired) electrons. The topological polar surface area (TPSA) is 44.5 Å². The Balaban J connectivity index is 2.04. The Bertz CT molecular complexity index is 543. The summed E-state index contributed by atoms with van der Waals surface area (Å²) in [6.07, 6.45) is 0. The van der Waals surface area contributed by atoms with E-state index in [0.717, 1.165) is 5.56 Å². The van der Waals surface area contributed by atoms with Crippen LogP contribution in [0, 0.1) is 5.82 Å². The number of methoxy groups -OCH3 is 1. The maximum atomic E-state index is 13.4. The van der Waals surface area contributed by atoms with Crippen LogP contribution < -0.4 is 15.2 Å². The number of nitrogens with two attached hydrogens (primary N) is 1. The molecule has 4 heteroatoms. The molecule has 0 aliphatic rings. The van der Waals surface area contributed by atoms with Gasteiger partial charge in [0.2, 0.25) is 0 Å². The highest BCUT2D eigenvalue weighted by Crippen LogP contribution is 2.20.